The Morgan fingerprint density at radius 3 is 2.42 bits per heavy atom. The highest BCUT2D eigenvalue weighted by molar-refractivity contribution is 4.42. The van der Waals surface area contributed by atoms with Gasteiger partial charge in [0.25, 0.3) is 0 Å². The first-order valence-corrected chi connectivity index (χ1v) is 3.41. The minimum Gasteiger partial charge on any atom is -0.219 e. The van der Waals surface area contributed by atoms with E-state index in [0.29, 0.717) is 12.5 Å². The lowest BCUT2D eigenvalue weighted by Gasteiger charge is -2.05. The molecular weight excluding hydrogens is 172 g/mol. The summed E-state index contributed by atoms with van der Waals surface area (Å²) in [5.41, 5.74) is 0. The van der Waals surface area contributed by atoms with Crippen LogP contribution in [0.5, 0.6) is 0 Å². The fourth-order valence-corrected chi connectivity index (χ4v) is 0.317. The first-order chi connectivity index (χ1) is 5.81. The first kappa shape index (κ1) is 11.7. The molecule has 0 aliphatic carbocycles. The van der Waals surface area contributed by atoms with E-state index in [-0.39, 0.29) is 0 Å². The predicted octanol–water partition coefficient (Wildman–Crippen LogP) is 1.18. The first-order valence-electron chi connectivity index (χ1n) is 3.41. The van der Waals surface area contributed by atoms with Gasteiger partial charge < -0.3 is 0 Å². The average Bonchev–Trinajstić information content (AvgIpc) is 2.10. The summed E-state index contributed by atoms with van der Waals surface area (Å²) in [4.78, 5) is 4.47. The van der Waals surface area contributed by atoms with Gasteiger partial charge in [-0.15, -0.1) is 0 Å². The summed E-state index contributed by atoms with van der Waals surface area (Å²) in [6, 6.07) is 0. The Labute approximate surface area is 69.3 Å². The molecule has 0 aliphatic rings. The van der Waals surface area contributed by atoms with Crippen LogP contribution in [0.2, 0.25) is 0 Å². The van der Waals surface area contributed by atoms with E-state index in [0.717, 1.165) is 6.42 Å². The number of rotatable bonds is 8. The van der Waals surface area contributed by atoms with E-state index < -0.39 is 0 Å². The van der Waals surface area contributed by atoms with Crippen molar-refractivity contribution in [2.24, 2.45) is 5.92 Å². The van der Waals surface area contributed by atoms with Crippen LogP contribution in [0.15, 0.2) is 0 Å². The van der Waals surface area contributed by atoms with E-state index in [1.807, 2.05) is 13.8 Å². The Morgan fingerprint density at radius 2 is 1.83 bits per heavy atom. The zero-order valence-electron chi connectivity index (χ0n) is 6.89. The smallest absolute Gasteiger partial charge is 0.0880 e. The van der Waals surface area contributed by atoms with Crippen LogP contribution >= 0.6 is 0 Å². The molecule has 0 amide bonds. The molecule has 0 saturated heterocycles. The van der Waals surface area contributed by atoms with Gasteiger partial charge >= 0.3 is 0 Å². The molecule has 1 atom stereocenters. The van der Waals surface area contributed by atoms with Crippen LogP contribution in [-0.4, -0.2) is 11.9 Å². The number of hydrogen-bond acceptors (Lipinski definition) is 7. The van der Waals surface area contributed by atoms with E-state index in [1.165, 1.54) is 0 Å². The molecule has 0 aromatic heterocycles. The Balaban J connectivity index is 2.90. The Kier molecular flexibility index (Phi) is 8.61. The maximum Gasteiger partial charge on any atom is 0.0880 e. The summed E-state index contributed by atoms with van der Waals surface area (Å²) in [6.07, 6.45) is 0.959. The zero-order valence-corrected chi connectivity index (χ0v) is 6.89. The SMILES string of the molecule is CCC(C)COOOOOOO. The van der Waals surface area contributed by atoms with Gasteiger partial charge in [-0.05, 0) is 31.1 Å². The van der Waals surface area contributed by atoms with Crippen molar-refractivity contribution >= 4 is 0 Å². The second-order valence-corrected chi connectivity index (χ2v) is 2.14. The highest BCUT2D eigenvalue weighted by atomic mass is 17.9. The van der Waals surface area contributed by atoms with E-state index in [4.69, 9.17) is 5.26 Å². The molecule has 0 saturated carbocycles. The minimum atomic E-state index is 0.351. The molecule has 0 heterocycles. The molecule has 1 unspecified atom stereocenters. The van der Waals surface area contributed by atoms with Crippen molar-refractivity contribution in [3.8, 4) is 0 Å². The monoisotopic (exact) mass is 184 g/mol. The predicted molar refractivity (Wildman–Crippen MR) is 33.5 cm³/mol. The van der Waals surface area contributed by atoms with Crippen LogP contribution < -0.4 is 0 Å². The Morgan fingerprint density at radius 1 is 1.17 bits per heavy atom. The van der Waals surface area contributed by atoms with Crippen molar-refractivity contribution in [3.05, 3.63) is 0 Å². The van der Waals surface area contributed by atoms with Crippen molar-refractivity contribution in [2.45, 2.75) is 20.3 Å². The molecule has 0 spiro atoms. The van der Waals surface area contributed by atoms with Gasteiger partial charge in [-0.25, -0.2) is 10.1 Å². The highest BCUT2D eigenvalue weighted by Gasteiger charge is 1.99. The molecule has 74 valence electrons. The normalized spacial score (nSPS) is 13.2. The molecule has 1 N–H and O–H groups in total. The van der Waals surface area contributed by atoms with Gasteiger partial charge in [0.1, 0.15) is 0 Å². The van der Waals surface area contributed by atoms with Gasteiger partial charge in [-0.1, -0.05) is 20.3 Å². The van der Waals surface area contributed by atoms with Gasteiger partial charge in [-0.2, -0.15) is 0 Å². The highest BCUT2D eigenvalue weighted by Crippen LogP contribution is 2.00. The lowest BCUT2D eigenvalue weighted by atomic mass is 10.1. The van der Waals surface area contributed by atoms with Gasteiger partial charge in [0, 0.05) is 0 Å². The van der Waals surface area contributed by atoms with Crippen LogP contribution in [0, 0.1) is 5.92 Å². The van der Waals surface area contributed by atoms with Crippen molar-refractivity contribution in [1.82, 2.24) is 0 Å². The molecule has 0 fully saturated rings. The largest absolute Gasteiger partial charge is 0.219 e. The Bertz CT molecular complexity index is 87.9. The maximum absolute atomic E-state index is 7.53. The van der Waals surface area contributed by atoms with Crippen LogP contribution in [-0.2, 0) is 30.1 Å². The van der Waals surface area contributed by atoms with Crippen molar-refractivity contribution < 1.29 is 35.3 Å². The van der Waals surface area contributed by atoms with E-state index in [1.54, 1.807) is 0 Å². The molecule has 0 aliphatic heterocycles. The third kappa shape index (κ3) is 7.82. The molecule has 0 bridgehead atoms. The van der Waals surface area contributed by atoms with Gasteiger partial charge in [0.2, 0.25) is 0 Å². The second-order valence-electron chi connectivity index (χ2n) is 2.14. The Hall–Kier alpha value is -0.280. The lowest BCUT2D eigenvalue weighted by Crippen LogP contribution is -2.06. The lowest BCUT2D eigenvalue weighted by molar-refractivity contribution is -0.787. The molecule has 12 heavy (non-hydrogen) atoms. The van der Waals surface area contributed by atoms with Crippen LogP contribution in [0.3, 0.4) is 0 Å². The zero-order chi connectivity index (χ0) is 9.23. The molecule has 0 rings (SSSR count). The second kappa shape index (κ2) is 8.81. The van der Waals surface area contributed by atoms with E-state index in [2.05, 4.69) is 30.1 Å². The standard InChI is InChI=1S/C5H12O7/c1-3-5(2)4-7-9-11-12-10-8-6/h5-6H,3-4H2,1-2H3. The fourth-order valence-electron chi connectivity index (χ4n) is 0.317. The van der Waals surface area contributed by atoms with Gasteiger partial charge in [0.05, 0.1) is 6.61 Å². The third-order valence-corrected chi connectivity index (χ3v) is 1.21. The van der Waals surface area contributed by atoms with E-state index in [9.17, 15) is 0 Å². The summed E-state index contributed by atoms with van der Waals surface area (Å²) < 4.78 is 0. The fraction of sp³-hybridized carbons (Fsp3) is 1.00. The maximum atomic E-state index is 7.53. The number of hydrogen-bond donors (Lipinski definition) is 1. The summed E-state index contributed by atoms with van der Waals surface area (Å²) in [7, 11) is 0. The van der Waals surface area contributed by atoms with Crippen molar-refractivity contribution in [3.63, 3.8) is 0 Å². The van der Waals surface area contributed by atoms with E-state index >= 15 is 0 Å². The molecule has 7 nitrogen and oxygen atoms in total. The molecule has 0 aromatic carbocycles. The van der Waals surface area contributed by atoms with Crippen LogP contribution in [0.25, 0.3) is 0 Å². The summed E-state index contributed by atoms with van der Waals surface area (Å²) in [5, 5.41) is 25.2. The summed E-state index contributed by atoms with van der Waals surface area (Å²) >= 11 is 0. The van der Waals surface area contributed by atoms with Crippen molar-refractivity contribution in [1.29, 1.82) is 0 Å². The van der Waals surface area contributed by atoms with Gasteiger partial charge in [-0.3, -0.25) is 0 Å². The van der Waals surface area contributed by atoms with Crippen LogP contribution in [0.4, 0.5) is 0 Å². The molecule has 0 radical (unpaired) electrons. The third-order valence-electron chi connectivity index (χ3n) is 1.21. The molecule has 7 heteroatoms. The topological polar surface area (TPSA) is 75.6 Å². The minimum absolute atomic E-state index is 0.351. The van der Waals surface area contributed by atoms with Gasteiger partial charge in [0.15, 0.2) is 0 Å². The summed E-state index contributed by atoms with van der Waals surface area (Å²) in [6.45, 7) is 4.34. The van der Waals surface area contributed by atoms with Crippen molar-refractivity contribution in [2.75, 3.05) is 6.61 Å². The summed E-state index contributed by atoms with van der Waals surface area (Å²) in [5.74, 6) is 0.351. The molecule has 0 aromatic rings. The van der Waals surface area contributed by atoms with Crippen LogP contribution in [0.1, 0.15) is 20.3 Å². The average molecular weight is 184 g/mol. The molecular formula is C5H12O7. The quantitative estimate of drug-likeness (QED) is 0.344.